The quantitative estimate of drug-likeness (QED) is 0.584. The van der Waals surface area contributed by atoms with E-state index >= 15 is 0 Å². The van der Waals surface area contributed by atoms with E-state index in [4.69, 9.17) is 11.6 Å². The number of amides is 2. The minimum atomic E-state index is -4.79. The maximum Gasteiger partial charge on any atom is 0.418 e. The number of nitrogens with one attached hydrogen (secondary N) is 3. The molecule has 0 aliphatic rings. The van der Waals surface area contributed by atoms with Crippen molar-refractivity contribution in [1.29, 1.82) is 0 Å². The summed E-state index contributed by atoms with van der Waals surface area (Å²) in [5.74, 6) is 0.258. The zero-order valence-corrected chi connectivity index (χ0v) is 17.0. The molecule has 0 atom stereocenters. The molecule has 0 heterocycles. The van der Waals surface area contributed by atoms with Crippen molar-refractivity contribution in [2.75, 3.05) is 16.6 Å². The van der Waals surface area contributed by atoms with Crippen LogP contribution in [0, 0.1) is 5.92 Å². The average molecular weight is 450 g/mol. The summed E-state index contributed by atoms with van der Waals surface area (Å²) in [5.41, 5.74) is -1.52. The lowest BCUT2D eigenvalue weighted by atomic mass is 10.2. The van der Waals surface area contributed by atoms with Gasteiger partial charge < -0.3 is 10.6 Å². The van der Waals surface area contributed by atoms with Crippen LogP contribution in [-0.4, -0.2) is 21.0 Å². The number of alkyl halides is 3. The van der Waals surface area contributed by atoms with E-state index in [0.717, 1.165) is 12.1 Å². The minimum Gasteiger partial charge on any atom is -0.338 e. The van der Waals surface area contributed by atoms with Gasteiger partial charge >= 0.3 is 12.2 Å². The van der Waals surface area contributed by atoms with Crippen LogP contribution in [0.15, 0.2) is 47.4 Å². The van der Waals surface area contributed by atoms with Gasteiger partial charge in [0.05, 0.1) is 16.1 Å². The summed E-state index contributed by atoms with van der Waals surface area (Å²) < 4.78 is 66.3. The van der Waals surface area contributed by atoms with Gasteiger partial charge in [0.2, 0.25) is 0 Å². The van der Waals surface area contributed by atoms with Gasteiger partial charge in [-0.05, 0) is 48.4 Å². The van der Waals surface area contributed by atoms with Gasteiger partial charge in [0.25, 0.3) is 10.0 Å². The maximum absolute atomic E-state index is 13.2. The molecule has 0 unspecified atom stereocenters. The first-order chi connectivity index (χ1) is 13.4. The molecule has 6 nitrogen and oxygen atoms in total. The molecule has 0 aliphatic carbocycles. The monoisotopic (exact) mass is 449 g/mol. The Bertz CT molecular complexity index is 978. The van der Waals surface area contributed by atoms with Crippen molar-refractivity contribution < 1.29 is 26.4 Å². The van der Waals surface area contributed by atoms with Gasteiger partial charge in [0.15, 0.2) is 0 Å². The molecule has 0 aliphatic heterocycles. The van der Waals surface area contributed by atoms with Gasteiger partial charge in [0.1, 0.15) is 0 Å². The molecule has 2 aromatic carbocycles. The molecule has 2 rings (SSSR count). The highest BCUT2D eigenvalue weighted by molar-refractivity contribution is 7.92. The van der Waals surface area contributed by atoms with Crippen molar-refractivity contribution in [2.45, 2.75) is 24.9 Å². The van der Waals surface area contributed by atoms with Crippen LogP contribution in [0.5, 0.6) is 0 Å². The summed E-state index contributed by atoms with van der Waals surface area (Å²) >= 11 is 5.59. The van der Waals surface area contributed by atoms with E-state index in [1.165, 1.54) is 24.3 Å². The van der Waals surface area contributed by atoms with Crippen LogP contribution in [0.1, 0.15) is 19.4 Å². The first-order valence-electron chi connectivity index (χ1n) is 8.43. The number of benzene rings is 2. The zero-order valence-electron chi connectivity index (χ0n) is 15.5. The van der Waals surface area contributed by atoms with Crippen LogP contribution < -0.4 is 15.4 Å². The van der Waals surface area contributed by atoms with Crippen molar-refractivity contribution in [3.05, 3.63) is 53.1 Å². The summed E-state index contributed by atoms with van der Waals surface area (Å²) in [6, 6.07) is 7.28. The van der Waals surface area contributed by atoms with Gasteiger partial charge in [-0.2, -0.15) is 13.2 Å². The molecule has 11 heteroatoms. The number of sulfonamides is 1. The van der Waals surface area contributed by atoms with Crippen molar-refractivity contribution in [3.63, 3.8) is 0 Å². The van der Waals surface area contributed by atoms with Crippen molar-refractivity contribution in [2.24, 2.45) is 5.92 Å². The smallest absolute Gasteiger partial charge is 0.338 e. The first-order valence-corrected chi connectivity index (χ1v) is 10.3. The molecule has 0 spiro atoms. The first kappa shape index (κ1) is 22.8. The molecule has 2 amide bonds. The van der Waals surface area contributed by atoms with E-state index < -0.39 is 33.5 Å². The van der Waals surface area contributed by atoms with Crippen LogP contribution in [0.2, 0.25) is 5.02 Å². The molecule has 0 bridgehead atoms. The lowest BCUT2D eigenvalue weighted by Gasteiger charge is -2.15. The fraction of sp³-hybridized carbons (Fsp3) is 0.278. The normalized spacial score (nSPS) is 12.0. The topological polar surface area (TPSA) is 87.3 Å². The molecule has 158 valence electrons. The molecule has 0 saturated heterocycles. The third-order valence-corrected chi connectivity index (χ3v) is 5.24. The number of halogens is 4. The van der Waals surface area contributed by atoms with Gasteiger partial charge in [-0.1, -0.05) is 25.4 Å². The van der Waals surface area contributed by atoms with Gasteiger partial charge in [-0.25, -0.2) is 13.2 Å². The Balaban J connectivity index is 2.18. The predicted octanol–water partition coefficient (Wildman–Crippen LogP) is 4.94. The minimum absolute atomic E-state index is 0.175. The standard InChI is InChI=1S/C18H19ClF3N3O3S/c1-11(2)10-23-17(26)24-13-4-6-14(7-5-13)29(27,28)25-16-8-3-12(19)9-15(16)18(20,21)22/h3-9,11,25H,10H2,1-2H3,(H2,23,24,26). The SMILES string of the molecule is CC(C)CNC(=O)Nc1ccc(S(=O)(=O)Nc2ccc(Cl)cc2C(F)(F)F)cc1. The summed E-state index contributed by atoms with van der Waals surface area (Å²) in [6.45, 7) is 4.32. The number of anilines is 2. The molecule has 0 saturated carbocycles. The van der Waals surface area contributed by atoms with Gasteiger partial charge in [-0.15, -0.1) is 0 Å². The lowest BCUT2D eigenvalue weighted by molar-refractivity contribution is -0.136. The largest absolute Gasteiger partial charge is 0.418 e. The van der Waals surface area contributed by atoms with Crippen LogP contribution in [0.4, 0.5) is 29.3 Å². The third kappa shape index (κ3) is 6.53. The Hall–Kier alpha value is -2.46. The number of urea groups is 1. The number of rotatable bonds is 6. The van der Waals surface area contributed by atoms with E-state index in [9.17, 15) is 26.4 Å². The highest BCUT2D eigenvalue weighted by Crippen LogP contribution is 2.37. The maximum atomic E-state index is 13.2. The molecule has 0 aromatic heterocycles. The third-order valence-electron chi connectivity index (χ3n) is 3.62. The number of hydrogen-bond acceptors (Lipinski definition) is 3. The molecule has 2 aromatic rings. The number of carbonyl (C=O) groups excluding carboxylic acids is 1. The summed E-state index contributed by atoms with van der Waals surface area (Å²) in [6.07, 6.45) is -4.79. The van der Waals surface area contributed by atoms with E-state index in [1.54, 1.807) is 0 Å². The summed E-state index contributed by atoms with van der Waals surface area (Å²) in [5, 5.41) is 4.99. The predicted molar refractivity (Wildman–Crippen MR) is 106 cm³/mol. The molecule has 29 heavy (non-hydrogen) atoms. The lowest BCUT2D eigenvalue weighted by Crippen LogP contribution is -2.31. The van der Waals surface area contributed by atoms with Crippen molar-refractivity contribution in [1.82, 2.24) is 5.32 Å². The van der Waals surface area contributed by atoms with Crippen LogP contribution in [0.25, 0.3) is 0 Å². The Morgan fingerprint density at radius 3 is 2.28 bits per heavy atom. The fourth-order valence-corrected chi connectivity index (χ4v) is 3.49. The Kier molecular flexibility index (Phi) is 7.02. The summed E-state index contributed by atoms with van der Waals surface area (Å²) in [7, 11) is -4.30. The van der Waals surface area contributed by atoms with E-state index in [1.807, 2.05) is 18.6 Å². The van der Waals surface area contributed by atoms with E-state index in [0.29, 0.717) is 18.3 Å². The second-order valence-corrected chi connectivity index (χ2v) is 8.67. The van der Waals surface area contributed by atoms with Crippen molar-refractivity contribution >= 4 is 39.0 Å². The Morgan fingerprint density at radius 2 is 1.72 bits per heavy atom. The molecular formula is C18H19ClF3N3O3S. The highest BCUT2D eigenvalue weighted by atomic mass is 35.5. The van der Waals surface area contributed by atoms with E-state index in [-0.39, 0.29) is 15.8 Å². The van der Waals surface area contributed by atoms with Crippen LogP contribution in [-0.2, 0) is 16.2 Å². The molecule has 3 N–H and O–H groups in total. The van der Waals surface area contributed by atoms with Gasteiger partial charge in [-0.3, -0.25) is 4.72 Å². The van der Waals surface area contributed by atoms with E-state index in [2.05, 4.69) is 10.6 Å². The average Bonchev–Trinajstić information content (AvgIpc) is 2.61. The molecular weight excluding hydrogens is 431 g/mol. The zero-order chi connectivity index (χ0) is 21.8. The summed E-state index contributed by atoms with van der Waals surface area (Å²) in [4.78, 5) is 11.5. The molecule has 0 radical (unpaired) electrons. The Labute approximate surface area is 171 Å². The van der Waals surface area contributed by atoms with Gasteiger partial charge in [0, 0.05) is 17.3 Å². The highest BCUT2D eigenvalue weighted by Gasteiger charge is 2.35. The number of hydrogen-bond donors (Lipinski definition) is 3. The fourth-order valence-electron chi connectivity index (χ4n) is 2.23. The Morgan fingerprint density at radius 1 is 1.10 bits per heavy atom. The van der Waals surface area contributed by atoms with Crippen molar-refractivity contribution in [3.8, 4) is 0 Å². The second kappa shape index (κ2) is 8.91. The van der Waals surface area contributed by atoms with Crippen LogP contribution in [0.3, 0.4) is 0 Å². The second-order valence-electron chi connectivity index (χ2n) is 6.55. The van der Waals surface area contributed by atoms with Crippen LogP contribution >= 0.6 is 11.6 Å². The number of carbonyl (C=O) groups is 1. The molecule has 0 fully saturated rings.